The zero-order chi connectivity index (χ0) is 9.40. The van der Waals surface area contributed by atoms with Gasteiger partial charge in [0.05, 0.1) is 0 Å². The van der Waals surface area contributed by atoms with E-state index in [0.717, 1.165) is 24.4 Å². The third-order valence-electron chi connectivity index (χ3n) is 1.32. The molecule has 0 saturated carbocycles. The van der Waals surface area contributed by atoms with E-state index in [1.165, 1.54) is 0 Å². The number of hydrogen-bond donors (Lipinski definition) is 1. The average molecular weight is 166 g/mol. The van der Waals surface area contributed by atoms with Gasteiger partial charge in [-0.3, -0.25) is 4.99 Å². The van der Waals surface area contributed by atoms with Gasteiger partial charge >= 0.3 is 0 Å². The Morgan fingerprint density at radius 3 is 2.58 bits per heavy atom. The number of nitrogens with zero attached hydrogens (tertiary/aromatic N) is 1. The first-order valence-electron chi connectivity index (χ1n) is 4.25. The molecule has 0 saturated heterocycles. The topological polar surface area (TPSA) is 24.4 Å². The second-order valence-electron chi connectivity index (χ2n) is 2.72. The lowest BCUT2D eigenvalue weighted by Gasteiger charge is -2.02. The van der Waals surface area contributed by atoms with Gasteiger partial charge in [-0.1, -0.05) is 25.2 Å². The average Bonchev–Trinajstić information content (AvgIpc) is 2.05. The quantitative estimate of drug-likeness (QED) is 0.386. The number of amidine groups is 1. The number of nitrogens with one attached hydrogen (secondary N) is 1. The van der Waals surface area contributed by atoms with Crippen molar-refractivity contribution in [1.82, 2.24) is 5.32 Å². The van der Waals surface area contributed by atoms with Crippen molar-refractivity contribution in [1.29, 1.82) is 0 Å². The maximum absolute atomic E-state index is 4.08. The Morgan fingerprint density at radius 1 is 1.50 bits per heavy atom. The molecule has 0 heterocycles. The fraction of sp³-hybridized carbons (Fsp3) is 0.500. The van der Waals surface area contributed by atoms with Crippen LogP contribution in [0, 0.1) is 0 Å². The Kier molecular flexibility index (Phi) is 6.07. The highest BCUT2D eigenvalue weighted by Crippen LogP contribution is 1.89. The molecule has 12 heavy (non-hydrogen) atoms. The van der Waals surface area contributed by atoms with Gasteiger partial charge < -0.3 is 5.32 Å². The monoisotopic (exact) mass is 166 g/mol. The predicted octanol–water partition coefficient (Wildman–Crippen LogP) is 2.15. The lowest BCUT2D eigenvalue weighted by Crippen LogP contribution is -2.21. The van der Waals surface area contributed by atoms with Gasteiger partial charge in [-0.2, -0.15) is 0 Å². The molecule has 0 atom stereocenters. The lowest BCUT2D eigenvalue weighted by molar-refractivity contribution is 0.840. The van der Waals surface area contributed by atoms with Crippen LogP contribution in [0.15, 0.2) is 29.3 Å². The van der Waals surface area contributed by atoms with Gasteiger partial charge in [0.15, 0.2) is 0 Å². The minimum atomic E-state index is 0.917. The molecule has 0 aliphatic carbocycles. The van der Waals surface area contributed by atoms with Crippen molar-refractivity contribution in [3.05, 3.63) is 24.3 Å². The summed E-state index contributed by atoms with van der Waals surface area (Å²) in [6, 6.07) is 0. The Balaban J connectivity index is 3.92. The van der Waals surface area contributed by atoms with E-state index in [2.05, 4.69) is 23.8 Å². The largest absolute Gasteiger partial charge is 0.370 e. The third kappa shape index (κ3) is 5.71. The van der Waals surface area contributed by atoms with E-state index in [1.807, 2.05) is 19.1 Å². The predicted molar refractivity (Wildman–Crippen MR) is 55.6 cm³/mol. The number of aliphatic imine (C=N–C) groups is 1. The van der Waals surface area contributed by atoms with E-state index < -0.39 is 0 Å². The maximum Gasteiger partial charge on any atom is 0.120 e. The van der Waals surface area contributed by atoms with E-state index in [9.17, 15) is 0 Å². The number of hydrogen-bond acceptors (Lipinski definition) is 1. The molecule has 0 radical (unpaired) electrons. The molecule has 2 heteroatoms. The molecule has 0 aromatic rings. The summed E-state index contributed by atoms with van der Waals surface area (Å²) in [6.45, 7) is 8.83. The molecular formula is C10H18N2. The molecular weight excluding hydrogens is 148 g/mol. The molecule has 0 aliphatic heterocycles. The van der Waals surface area contributed by atoms with Crippen LogP contribution < -0.4 is 5.32 Å². The molecule has 0 fully saturated rings. The van der Waals surface area contributed by atoms with Crippen LogP contribution in [0.2, 0.25) is 0 Å². The van der Waals surface area contributed by atoms with Gasteiger partial charge in [-0.05, 0) is 19.4 Å². The van der Waals surface area contributed by atoms with Crippen molar-refractivity contribution in [3.63, 3.8) is 0 Å². The van der Waals surface area contributed by atoms with Crippen molar-refractivity contribution in [2.24, 2.45) is 4.99 Å². The summed E-state index contributed by atoms with van der Waals surface area (Å²) in [7, 11) is 1.78. The van der Waals surface area contributed by atoms with Crippen molar-refractivity contribution in [2.75, 3.05) is 13.6 Å². The summed E-state index contributed by atoms with van der Waals surface area (Å²) < 4.78 is 0. The molecule has 0 aliphatic rings. The highest BCUT2D eigenvalue weighted by Gasteiger charge is 1.88. The van der Waals surface area contributed by atoms with Crippen molar-refractivity contribution in [2.45, 2.75) is 20.3 Å². The summed E-state index contributed by atoms with van der Waals surface area (Å²) in [6.07, 6.45) is 5.00. The van der Waals surface area contributed by atoms with Crippen LogP contribution in [-0.4, -0.2) is 19.4 Å². The van der Waals surface area contributed by atoms with Crippen molar-refractivity contribution < 1.29 is 0 Å². The van der Waals surface area contributed by atoms with Crippen LogP contribution in [0.25, 0.3) is 0 Å². The maximum atomic E-state index is 4.08. The minimum Gasteiger partial charge on any atom is -0.370 e. The molecule has 1 N–H and O–H groups in total. The first-order valence-corrected chi connectivity index (χ1v) is 4.25. The van der Waals surface area contributed by atoms with Gasteiger partial charge in [0, 0.05) is 13.6 Å². The Morgan fingerprint density at radius 2 is 2.17 bits per heavy atom. The molecule has 0 amide bonds. The smallest absolute Gasteiger partial charge is 0.120 e. The highest BCUT2D eigenvalue weighted by molar-refractivity contribution is 5.93. The van der Waals surface area contributed by atoms with Crippen LogP contribution in [0.4, 0.5) is 0 Å². The van der Waals surface area contributed by atoms with E-state index in [4.69, 9.17) is 0 Å². The second-order valence-corrected chi connectivity index (χ2v) is 2.72. The summed E-state index contributed by atoms with van der Waals surface area (Å²) in [5.41, 5.74) is 1.04. The van der Waals surface area contributed by atoms with Gasteiger partial charge in [0.1, 0.15) is 5.84 Å². The molecule has 0 rings (SSSR count). The fourth-order valence-corrected chi connectivity index (χ4v) is 0.687. The Labute approximate surface area is 75.1 Å². The van der Waals surface area contributed by atoms with Crippen LogP contribution >= 0.6 is 0 Å². The summed E-state index contributed by atoms with van der Waals surface area (Å²) in [4.78, 5) is 4.08. The Bertz CT molecular complexity index is 190. The van der Waals surface area contributed by atoms with Crippen LogP contribution in [0.3, 0.4) is 0 Å². The van der Waals surface area contributed by atoms with Crippen molar-refractivity contribution in [3.8, 4) is 0 Å². The molecule has 2 nitrogen and oxygen atoms in total. The summed E-state index contributed by atoms with van der Waals surface area (Å²) in [5, 5.41) is 3.20. The zero-order valence-corrected chi connectivity index (χ0v) is 8.22. The van der Waals surface area contributed by atoms with Gasteiger partial charge in [0.2, 0.25) is 0 Å². The lowest BCUT2D eigenvalue weighted by atomic mass is 10.3. The highest BCUT2D eigenvalue weighted by atomic mass is 15.0. The van der Waals surface area contributed by atoms with E-state index in [1.54, 1.807) is 7.05 Å². The number of allylic oxidation sites excluding steroid dienone is 2. The molecule has 0 bridgehead atoms. The van der Waals surface area contributed by atoms with Gasteiger partial charge in [-0.25, -0.2) is 0 Å². The Hall–Kier alpha value is -1.05. The SMILES string of the molecule is C=C(C)/C=C\C(=NC)NCCC. The minimum absolute atomic E-state index is 0.917. The molecule has 0 unspecified atom stereocenters. The van der Waals surface area contributed by atoms with Gasteiger partial charge in [-0.15, -0.1) is 0 Å². The van der Waals surface area contributed by atoms with E-state index >= 15 is 0 Å². The number of rotatable bonds is 4. The van der Waals surface area contributed by atoms with E-state index in [-0.39, 0.29) is 0 Å². The van der Waals surface area contributed by atoms with Crippen molar-refractivity contribution >= 4 is 5.84 Å². The first kappa shape index (κ1) is 11.0. The summed E-state index contributed by atoms with van der Waals surface area (Å²) in [5.74, 6) is 0.917. The molecule has 68 valence electrons. The first-order chi connectivity index (χ1) is 5.70. The zero-order valence-electron chi connectivity index (χ0n) is 8.22. The summed E-state index contributed by atoms with van der Waals surface area (Å²) >= 11 is 0. The fourth-order valence-electron chi connectivity index (χ4n) is 0.687. The van der Waals surface area contributed by atoms with E-state index in [0.29, 0.717) is 0 Å². The molecule has 0 spiro atoms. The van der Waals surface area contributed by atoms with Gasteiger partial charge in [0.25, 0.3) is 0 Å². The van der Waals surface area contributed by atoms with Crippen LogP contribution in [-0.2, 0) is 0 Å². The molecule has 0 aromatic carbocycles. The third-order valence-corrected chi connectivity index (χ3v) is 1.32. The van der Waals surface area contributed by atoms with Crippen LogP contribution in [0.5, 0.6) is 0 Å². The second kappa shape index (κ2) is 6.65. The standard InChI is InChI=1S/C10H18N2/c1-5-8-12-10(11-4)7-6-9(2)3/h6-7H,2,5,8H2,1,3-4H3,(H,11,12)/b7-6-. The van der Waals surface area contributed by atoms with Crippen LogP contribution in [0.1, 0.15) is 20.3 Å². The molecule has 0 aromatic heterocycles. The normalized spacial score (nSPS) is 12.1.